The highest BCUT2D eigenvalue weighted by Gasteiger charge is 2.53. The first-order valence-corrected chi connectivity index (χ1v) is 14.7. The second-order valence-corrected chi connectivity index (χ2v) is 12.4. The number of aliphatic hydroxyl groups is 2. The minimum absolute atomic E-state index is 0.00998. The van der Waals surface area contributed by atoms with Crippen molar-refractivity contribution in [3.05, 3.63) is 57.7 Å². The first-order valence-electron chi connectivity index (χ1n) is 12.5. The quantitative estimate of drug-likeness (QED) is 0.221. The molecule has 13 heteroatoms. The van der Waals surface area contributed by atoms with Gasteiger partial charge in [-0.05, 0) is 57.0 Å². The predicted molar refractivity (Wildman–Crippen MR) is 139 cm³/mol. The van der Waals surface area contributed by atoms with Crippen LogP contribution in [0.5, 0.6) is 5.75 Å². The molecular formula is C25H33N2O9PS. The lowest BCUT2D eigenvalue weighted by molar-refractivity contribution is -0.152. The number of hydrogen-bond donors (Lipinski definition) is 3. The summed E-state index contributed by atoms with van der Waals surface area (Å²) in [5.74, 6) is -0.982. The normalized spacial score (nSPS) is 28.1. The average molecular weight is 569 g/mol. The fraction of sp³-hybridized carbons (Fsp3) is 0.560. The van der Waals surface area contributed by atoms with Gasteiger partial charge >= 0.3 is 13.6 Å². The Labute approximate surface area is 225 Å². The molecule has 3 N–H and O–H groups in total. The molecule has 2 aliphatic rings. The Balaban J connectivity index is 1.49. The van der Waals surface area contributed by atoms with Crippen molar-refractivity contribution >= 4 is 25.8 Å². The molecule has 208 valence electrons. The summed E-state index contributed by atoms with van der Waals surface area (Å²) >= 11 is 5.17. The number of para-hydroxylation sites is 1. The monoisotopic (exact) mass is 568 g/mol. The van der Waals surface area contributed by atoms with E-state index < -0.39 is 55.7 Å². The van der Waals surface area contributed by atoms with E-state index in [1.54, 1.807) is 37.3 Å². The third kappa shape index (κ3) is 6.62. The van der Waals surface area contributed by atoms with Crippen molar-refractivity contribution in [3.63, 3.8) is 0 Å². The van der Waals surface area contributed by atoms with Crippen LogP contribution in [-0.4, -0.2) is 62.4 Å². The molecule has 1 aromatic carbocycles. The minimum Gasteiger partial charge on any atom is -0.462 e. The third-order valence-corrected chi connectivity index (χ3v) is 9.11. The molecule has 6 atom stereocenters. The number of esters is 1. The summed E-state index contributed by atoms with van der Waals surface area (Å²) in [5.41, 5.74) is -2.25. The van der Waals surface area contributed by atoms with Gasteiger partial charge in [0.2, 0.25) is 0 Å². The summed E-state index contributed by atoms with van der Waals surface area (Å²) in [7, 11) is -3.97. The van der Waals surface area contributed by atoms with E-state index in [1.807, 2.05) is 0 Å². The summed E-state index contributed by atoms with van der Waals surface area (Å²) < 4.78 is 38.1. The molecule has 0 bridgehead atoms. The predicted octanol–water partition coefficient (Wildman–Crippen LogP) is 3.33. The van der Waals surface area contributed by atoms with Gasteiger partial charge in [0.15, 0.2) is 11.0 Å². The second-order valence-electron chi connectivity index (χ2n) is 9.95. The van der Waals surface area contributed by atoms with Crippen LogP contribution < -0.4 is 10.1 Å². The maximum atomic E-state index is 13.9. The lowest BCUT2D eigenvalue weighted by Gasteiger charge is -2.28. The Kier molecular flexibility index (Phi) is 8.91. The van der Waals surface area contributed by atoms with Gasteiger partial charge in [0.05, 0.1) is 18.7 Å². The summed E-state index contributed by atoms with van der Waals surface area (Å²) in [6.07, 6.45) is 0.820. The number of carbonyl (C=O) groups is 1. The van der Waals surface area contributed by atoms with Crippen molar-refractivity contribution in [2.45, 2.75) is 69.7 Å². The fourth-order valence-corrected chi connectivity index (χ4v) is 6.76. The van der Waals surface area contributed by atoms with Crippen LogP contribution in [0.15, 0.2) is 47.4 Å². The third-order valence-electron chi connectivity index (χ3n) is 6.77. The highest BCUT2D eigenvalue weighted by atomic mass is 32.1. The van der Waals surface area contributed by atoms with Gasteiger partial charge < -0.3 is 24.2 Å². The highest BCUT2D eigenvalue weighted by Crippen LogP contribution is 2.51. The number of nitrogens with zero attached hydrogens (tertiary/aromatic N) is 1. The molecule has 1 aliphatic carbocycles. The zero-order chi connectivity index (χ0) is 27.5. The molecule has 2 aromatic rings. The Hall–Kier alpha value is -2.34. The number of benzene rings is 1. The minimum atomic E-state index is -3.97. The number of hydrogen-bond acceptors (Lipinski definition) is 10. The van der Waals surface area contributed by atoms with E-state index in [1.165, 1.54) is 23.8 Å². The molecule has 1 aliphatic heterocycles. The zero-order valence-electron chi connectivity index (χ0n) is 21.2. The van der Waals surface area contributed by atoms with Crippen LogP contribution in [0, 0.1) is 10.7 Å². The maximum absolute atomic E-state index is 13.9. The standard InChI is InChI=1S/C25H33N2O9PS/c1-16(22(30)34-17-8-6-7-9-17)15-37(32,36-18-10-4-3-5-11-18)33-14-19-21(29)25(2,31)23(35-19)27-13-12-20(28)26-24(27)38/h3-5,10-13,16-17,19,21,23,29,31H,6-9,14-15H2,1-2H3,(H,26,28,38)/t16-,19-,21+,23-,25?,37?/m1/s1. The summed E-state index contributed by atoms with van der Waals surface area (Å²) in [4.78, 5) is 26.7. The van der Waals surface area contributed by atoms with E-state index in [-0.39, 0.29) is 22.8 Å². The van der Waals surface area contributed by atoms with Crippen molar-refractivity contribution in [2.75, 3.05) is 12.8 Å². The molecule has 38 heavy (non-hydrogen) atoms. The highest BCUT2D eigenvalue weighted by molar-refractivity contribution is 7.71. The van der Waals surface area contributed by atoms with Crippen LogP contribution in [0.2, 0.25) is 0 Å². The summed E-state index contributed by atoms with van der Waals surface area (Å²) in [6, 6.07) is 9.61. The molecule has 1 saturated carbocycles. The van der Waals surface area contributed by atoms with Crippen LogP contribution in [0.1, 0.15) is 45.8 Å². The largest absolute Gasteiger partial charge is 0.462 e. The van der Waals surface area contributed by atoms with Crippen LogP contribution in [0.25, 0.3) is 0 Å². The Morgan fingerprint density at radius 1 is 1.29 bits per heavy atom. The summed E-state index contributed by atoms with van der Waals surface area (Å²) in [6.45, 7) is 2.54. The van der Waals surface area contributed by atoms with Gasteiger partial charge in [0, 0.05) is 12.3 Å². The average Bonchev–Trinajstić information content (AvgIpc) is 3.45. The number of ether oxygens (including phenoxy) is 2. The molecule has 1 saturated heterocycles. The van der Waals surface area contributed by atoms with Gasteiger partial charge in [0.1, 0.15) is 29.7 Å². The molecular weight excluding hydrogens is 535 g/mol. The topological polar surface area (TPSA) is 149 Å². The lowest BCUT2D eigenvalue weighted by Crippen LogP contribution is -2.44. The lowest BCUT2D eigenvalue weighted by atomic mass is 9.96. The molecule has 0 spiro atoms. The van der Waals surface area contributed by atoms with Crippen LogP contribution in [0.4, 0.5) is 0 Å². The van der Waals surface area contributed by atoms with Gasteiger partial charge in [-0.3, -0.25) is 23.7 Å². The van der Waals surface area contributed by atoms with Crippen molar-refractivity contribution in [1.29, 1.82) is 0 Å². The van der Waals surface area contributed by atoms with E-state index >= 15 is 0 Å². The number of carbonyl (C=O) groups excluding carboxylic acids is 1. The number of aliphatic hydroxyl groups excluding tert-OH is 1. The van der Waals surface area contributed by atoms with Crippen LogP contribution in [0.3, 0.4) is 0 Å². The molecule has 4 rings (SSSR count). The zero-order valence-corrected chi connectivity index (χ0v) is 22.9. The van der Waals surface area contributed by atoms with Gasteiger partial charge in [-0.1, -0.05) is 25.1 Å². The van der Waals surface area contributed by atoms with Crippen molar-refractivity contribution in [3.8, 4) is 5.75 Å². The molecule has 0 amide bonds. The number of aromatic nitrogens is 2. The number of H-pyrrole nitrogens is 1. The molecule has 2 unspecified atom stereocenters. The van der Waals surface area contributed by atoms with Gasteiger partial charge in [-0.25, -0.2) is 4.57 Å². The molecule has 11 nitrogen and oxygen atoms in total. The second kappa shape index (κ2) is 11.8. The SMILES string of the molecule is C[C@H](CP(=O)(OC[C@H]1O[C@@H](n2ccc(=O)[nH]c2=S)C(C)(O)[C@H]1O)Oc1ccccc1)C(=O)OC1CCCC1. The van der Waals surface area contributed by atoms with Crippen molar-refractivity contribution in [2.24, 2.45) is 5.92 Å². The maximum Gasteiger partial charge on any atom is 0.380 e. The van der Waals surface area contributed by atoms with Crippen molar-refractivity contribution in [1.82, 2.24) is 9.55 Å². The van der Waals surface area contributed by atoms with Gasteiger partial charge in [-0.15, -0.1) is 0 Å². The Morgan fingerprint density at radius 2 is 1.97 bits per heavy atom. The summed E-state index contributed by atoms with van der Waals surface area (Å²) in [5, 5.41) is 21.8. The van der Waals surface area contributed by atoms with E-state index in [0.29, 0.717) is 0 Å². The first-order chi connectivity index (χ1) is 18.0. The Morgan fingerprint density at radius 3 is 2.63 bits per heavy atom. The van der Waals surface area contributed by atoms with Crippen molar-refractivity contribution < 1.29 is 38.1 Å². The first kappa shape index (κ1) is 28.7. The smallest absolute Gasteiger partial charge is 0.380 e. The van der Waals surface area contributed by atoms with E-state index in [9.17, 15) is 24.4 Å². The Bertz CT molecular complexity index is 1280. The molecule has 2 heterocycles. The van der Waals surface area contributed by atoms with Gasteiger partial charge in [0.25, 0.3) is 5.56 Å². The number of aromatic amines is 1. The number of nitrogens with one attached hydrogen (secondary N) is 1. The molecule has 0 radical (unpaired) electrons. The number of rotatable bonds is 10. The fourth-order valence-electron chi connectivity index (χ4n) is 4.63. The molecule has 1 aromatic heterocycles. The van der Waals surface area contributed by atoms with E-state index in [4.69, 9.17) is 30.7 Å². The van der Waals surface area contributed by atoms with Crippen LogP contribution >= 0.6 is 19.8 Å². The van der Waals surface area contributed by atoms with Crippen LogP contribution in [-0.2, 0) is 23.4 Å². The van der Waals surface area contributed by atoms with Gasteiger partial charge in [-0.2, -0.15) is 0 Å². The van der Waals surface area contributed by atoms with E-state index in [2.05, 4.69) is 4.98 Å². The molecule has 2 fully saturated rings. The van der Waals surface area contributed by atoms with E-state index in [0.717, 1.165) is 25.7 Å².